The van der Waals surface area contributed by atoms with E-state index in [2.05, 4.69) is 5.32 Å². The standard InChI is InChI=1S/C22H25ClN2O4S/c1-14-12-25(13-15(2)29-14)30(27,28)17-9-7-16(8-10-17)24-22(26)20-11-19(20)18-5-3-4-6-21(18)23/h3-10,14-15,19-20H,11-13H2,1-2H3,(H,24,26). The van der Waals surface area contributed by atoms with Gasteiger partial charge in [-0.25, -0.2) is 8.42 Å². The fourth-order valence-corrected chi connectivity index (χ4v) is 5.89. The van der Waals surface area contributed by atoms with Gasteiger partial charge in [-0.1, -0.05) is 29.8 Å². The largest absolute Gasteiger partial charge is 0.373 e. The highest BCUT2D eigenvalue weighted by molar-refractivity contribution is 7.89. The number of benzene rings is 2. The lowest BCUT2D eigenvalue weighted by Gasteiger charge is -2.34. The first kappa shape index (κ1) is 21.3. The van der Waals surface area contributed by atoms with E-state index in [4.69, 9.17) is 16.3 Å². The average Bonchev–Trinajstić information content (AvgIpc) is 3.49. The van der Waals surface area contributed by atoms with Gasteiger partial charge in [0.1, 0.15) is 0 Å². The van der Waals surface area contributed by atoms with Crippen molar-refractivity contribution in [2.24, 2.45) is 5.92 Å². The van der Waals surface area contributed by atoms with Crippen molar-refractivity contribution in [1.29, 1.82) is 0 Å². The highest BCUT2D eigenvalue weighted by atomic mass is 35.5. The second-order valence-corrected chi connectivity index (χ2v) is 10.4. The fourth-order valence-electron chi connectivity index (χ4n) is 4.03. The summed E-state index contributed by atoms with van der Waals surface area (Å²) < 4.78 is 32.9. The highest BCUT2D eigenvalue weighted by Crippen LogP contribution is 2.50. The zero-order valence-electron chi connectivity index (χ0n) is 16.9. The van der Waals surface area contributed by atoms with E-state index >= 15 is 0 Å². The van der Waals surface area contributed by atoms with Crippen molar-refractivity contribution < 1.29 is 17.9 Å². The van der Waals surface area contributed by atoms with E-state index in [9.17, 15) is 13.2 Å². The molecule has 0 aromatic heterocycles. The number of sulfonamides is 1. The Morgan fingerprint density at radius 1 is 1.07 bits per heavy atom. The van der Waals surface area contributed by atoms with Crippen molar-refractivity contribution in [3.05, 3.63) is 59.1 Å². The van der Waals surface area contributed by atoms with E-state index in [1.807, 2.05) is 38.1 Å². The van der Waals surface area contributed by atoms with Gasteiger partial charge in [0.05, 0.1) is 17.1 Å². The molecule has 1 aliphatic carbocycles. The molecule has 2 aliphatic rings. The molecule has 1 aliphatic heterocycles. The molecule has 4 rings (SSSR count). The van der Waals surface area contributed by atoms with E-state index in [0.29, 0.717) is 23.8 Å². The normalized spacial score (nSPS) is 26.9. The van der Waals surface area contributed by atoms with Crippen LogP contribution in [0, 0.1) is 5.92 Å². The fraction of sp³-hybridized carbons (Fsp3) is 0.409. The van der Waals surface area contributed by atoms with Gasteiger partial charge in [-0.05, 0) is 62.1 Å². The summed E-state index contributed by atoms with van der Waals surface area (Å²) in [6.45, 7) is 4.39. The second kappa shape index (κ2) is 8.30. The van der Waals surface area contributed by atoms with Crippen molar-refractivity contribution in [1.82, 2.24) is 4.31 Å². The van der Waals surface area contributed by atoms with Crippen LogP contribution in [0.1, 0.15) is 31.7 Å². The van der Waals surface area contributed by atoms with Gasteiger partial charge < -0.3 is 10.1 Å². The van der Waals surface area contributed by atoms with Crippen LogP contribution in [-0.2, 0) is 19.6 Å². The molecule has 1 saturated carbocycles. The maximum absolute atomic E-state index is 12.9. The van der Waals surface area contributed by atoms with E-state index in [-0.39, 0.29) is 34.8 Å². The summed E-state index contributed by atoms with van der Waals surface area (Å²) in [5.41, 5.74) is 1.57. The molecular weight excluding hydrogens is 424 g/mol. The van der Waals surface area contributed by atoms with Gasteiger partial charge in [0.15, 0.2) is 0 Å². The first-order valence-electron chi connectivity index (χ1n) is 10.1. The number of amides is 1. The van der Waals surface area contributed by atoms with Crippen molar-refractivity contribution in [3.8, 4) is 0 Å². The number of nitrogens with one attached hydrogen (secondary N) is 1. The minimum Gasteiger partial charge on any atom is -0.373 e. The van der Waals surface area contributed by atoms with Crippen LogP contribution in [-0.4, -0.2) is 43.9 Å². The Kier molecular flexibility index (Phi) is 5.90. The Balaban J connectivity index is 1.40. The maximum Gasteiger partial charge on any atom is 0.243 e. The Labute approximate surface area is 182 Å². The lowest BCUT2D eigenvalue weighted by molar-refractivity contribution is -0.117. The van der Waals surface area contributed by atoms with E-state index in [1.165, 1.54) is 16.4 Å². The highest BCUT2D eigenvalue weighted by Gasteiger charge is 2.44. The topological polar surface area (TPSA) is 75.7 Å². The van der Waals surface area contributed by atoms with Crippen molar-refractivity contribution in [2.75, 3.05) is 18.4 Å². The van der Waals surface area contributed by atoms with Gasteiger partial charge in [-0.3, -0.25) is 4.79 Å². The third kappa shape index (κ3) is 4.39. The van der Waals surface area contributed by atoms with Crippen LogP contribution >= 0.6 is 11.6 Å². The first-order valence-corrected chi connectivity index (χ1v) is 11.9. The average molecular weight is 449 g/mol. The van der Waals surface area contributed by atoms with Gasteiger partial charge in [0.25, 0.3) is 0 Å². The number of morpholine rings is 1. The first-order chi connectivity index (χ1) is 14.3. The smallest absolute Gasteiger partial charge is 0.243 e. The van der Waals surface area contributed by atoms with Crippen LogP contribution in [0.2, 0.25) is 5.02 Å². The van der Waals surface area contributed by atoms with Crippen molar-refractivity contribution >= 4 is 33.2 Å². The Morgan fingerprint density at radius 2 is 1.70 bits per heavy atom. The number of halogens is 1. The Morgan fingerprint density at radius 3 is 2.33 bits per heavy atom. The third-order valence-electron chi connectivity index (χ3n) is 5.58. The zero-order valence-corrected chi connectivity index (χ0v) is 18.5. The van der Waals surface area contributed by atoms with Crippen LogP contribution in [0.15, 0.2) is 53.4 Å². The quantitative estimate of drug-likeness (QED) is 0.753. The number of anilines is 1. The SMILES string of the molecule is CC1CN(S(=O)(=O)c2ccc(NC(=O)C3CC3c3ccccc3Cl)cc2)CC(C)O1. The molecule has 0 bridgehead atoms. The van der Waals surface area contributed by atoms with Gasteiger partial charge in [-0.15, -0.1) is 0 Å². The molecule has 1 heterocycles. The molecule has 4 unspecified atom stereocenters. The number of ether oxygens (including phenoxy) is 1. The summed E-state index contributed by atoms with van der Waals surface area (Å²) in [5, 5.41) is 3.56. The minimum atomic E-state index is -3.60. The molecule has 2 fully saturated rings. The number of nitrogens with zero attached hydrogens (tertiary/aromatic N) is 1. The van der Waals surface area contributed by atoms with E-state index in [0.717, 1.165) is 12.0 Å². The molecule has 30 heavy (non-hydrogen) atoms. The molecule has 8 heteroatoms. The number of carbonyl (C=O) groups excluding carboxylic acids is 1. The van der Waals surface area contributed by atoms with Crippen molar-refractivity contribution in [3.63, 3.8) is 0 Å². The number of rotatable bonds is 5. The molecule has 2 aromatic rings. The lowest BCUT2D eigenvalue weighted by Crippen LogP contribution is -2.48. The molecule has 1 saturated heterocycles. The molecule has 6 nitrogen and oxygen atoms in total. The molecule has 0 radical (unpaired) electrons. The van der Waals surface area contributed by atoms with Gasteiger partial charge in [0.2, 0.25) is 15.9 Å². The van der Waals surface area contributed by atoms with Crippen LogP contribution in [0.4, 0.5) is 5.69 Å². The second-order valence-electron chi connectivity index (χ2n) is 8.06. The summed E-state index contributed by atoms with van der Waals surface area (Å²) in [6.07, 6.45) is 0.466. The molecule has 1 N–H and O–H groups in total. The van der Waals surface area contributed by atoms with Crippen LogP contribution in [0.3, 0.4) is 0 Å². The summed E-state index contributed by atoms with van der Waals surface area (Å²) in [6, 6.07) is 13.9. The third-order valence-corrected chi connectivity index (χ3v) is 7.77. The summed E-state index contributed by atoms with van der Waals surface area (Å²) in [7, 11) is -3.60. The predicted octanol–water partition coefficient (Wildman–Crippen LogP) is 3.88. The van der Waals surface area contributed by atoms with Gasteiger partial charge >= 0.3 is 0 Å². The Hall–Kier alpha value is -1.93. The number of hydrogen-bond donors (Lipinski definition) is 1. The number of carbonyl (C=O) groups is 1. The molecular formula is C22H25ClN2O4S. The molecule has 0 spiro atoms. The summed E-state index contributed by atoms with van der Waals surface area (Å²) in [4.78, 5) is 12.8. The lowest BCUT2D eigenvalue weighted by atomic mass is 10.1. The van der Waals surface area contributed by atoms with Crippen LogP contribution < -0.4 is 5.32 Å². The Bertz CT molecular complexity index is 1030. The molecule has 1 amide bonds. The van der Waals surface area contributed by atoms with Crippen LogP contribution in [0.5, 0.6) is 0 Å². The zero-order chi connectivity index (χ0) is 21.5. The summed E-state index contributed by atoms with van der Waals surface area (Å²) in [5.74, 6) is -0.0698. The van der Waals surface area contributed by atoms with Gasteiger partial charge in [-0.2, -0.15) is 4.31 Å². The maximum atomic E-state index is 12.9. The monoisotopic (exact) mass is 448 g/mol. The number of hydrogen-bond acceptors (Lipinski definition) is 4. The van der Waals surface area contributed by atoms with E-state index in [1.54, 1.807) is 12.1 Å². The van der Waals surface area contributed by atoms with E-state index < -0.39 is 10.0 Å². The van der Waals surface area contributed by atoms with Gasteiger partial charge in [0, 0.05) is 29.7 Å². The molecule has 4 atom stereocenters. The predicted molar refractivity (Wildman–Crippen MR) is 116 cm³/mol. The van der Waals surface area contributed by atoms with Crippen LogP contribution in [0.25, 0.3) is 0 Å². The van der Waals surface area contributed by atoms with Crippen molar-refractivity contribution in [2.45, 2.75) is 43.3 Å². The minimum absolute atomic E-state index is 0.0774. The molecule has 160 valence electrons. The summed E-state index contributed by atoms with van der Waals surface area (Å²) >= 11 is 6.23. The molecule has 2 aromatic carbocycles.